The first kappa shape index (κ1) is 17.6. The highest BCUT2D eigenvalue weighted by Gasteiger charge is 2.41. The zero-order valence-corrected chi connectivity index (χ0v) is 14.8. The second kappa shape index (κ2) is 8.76. The summed E-state index contributed by atoms with van der Waals surface area (Å²) in [5, 5.41) is 4.52. The molecule has 0 aromatic carbocycles. The van der Waals surface area contributed by atoms with Gasteiger partial charge >= 0.3 is 0 Å². The molecule has 0 bridgehead atoms. The van der Waals surface area contributed by atoms with Gasteiger partial charge in [-0.05, 0) is 49.8 Å². The number of hydrogen-bond acceptors (Lipinski definition) is 4. The van der Waals surface area contributed by atoms with E-state index in [4.69, 9.17) is 9.47 Å². The third kappa shape index (κ3) is 5.42. The van der Waals surface area contributed by atoms with Crippen LogP contribution in [0.15, 0.2) is 0 Å². The van der Waals surface area contributed by atoms with E-state index in [0.717, 1.165) is 45.1 Å². The van der Waals surface area contributed by atoms with Gasteiger partial charge in [-0.25, -0.2) is 0 Å². The van der Waals surface area contributed by atoms with E-state index in [-0.39, 0.29) is 5.60 Å². The fourth-order valence-electron chi connectivity index (χ4n) is 3.49. The molecule has 0 saturated carbocycles. The highest BCUT2D eigenvalue weighted by Crippen LogP contribution is 2.38. The van der Waals surface area contributed by atoms with Gasteiger partial charge in [0.05, 0.1) is 5.60 Å². The molecule has 2 fully saturated rings. The molecule has 0 aliphatic carbocycles. The fourth-order valence-corrected chi connectivity index (χ4v) is 4.47. The van der Waals surface area contributed by atoms with E-state index in [0.29, 0.717) is 11.3 Å². The predicted molar refractivity (Wildman–Crippen MR) is 91.1 cm³/mol. The minimum Gasteiger partial charge on any atom is -0.381 e. The van der Waals surface area contributed by atoms with E-state index in [1.165, 1.54) is 25.0 Å². The maximum atomic E-state index is 6.20. The molecule has 0 aromatic heterocycles. The van der Waals surface area contributed by atoms with Gasteiger partial charge < -0.3 is 14.8 Å². The SMILES string of the molecule is CCCNC(CSC(C)C)C1CCOC2(CCOCC2)C1. The summed E-state index contributed by atoms with van der Waals surface area (Å²) in [7, 11) is 0. The second-order valence-corrected chi connectivity index (χ2v) is 8.45. The summed E-state index contributed by atoms with van der Waals surface area (Å²) < 4.78 is 11.7. The molecule has 2 aliphatic heterocycles. The first-order valence-corrected chi connectivity index (χ1v) is 9.77. The Bertz CT molecular complexity index is 287. The molecule has 3 nitrogen and oxygen atoms in total. The zero-order chi connectivity index (χ0) is 15.1. The molecule has 0 radical (unpaired) electrons. The minimum atomic E-state index is 0.121. The van der Waals surface area contributed by atoms with Crippen molar-refractivity contribution < 1.29 is 9.47 Å². The fraction of sp³-hybridized carbons (Fsp3) is 1.00. The number of hydrogen-bond donors (Lipinski definition) is 1. The van der Waals surface area contributed by atoms with Gasteiger partial charge in [0, 0.05) is 31.6 Å². The van der Waals surface area contributed by atoms with Crippen molar-refractivity contribution >= 4 is 11.8 Å². The van der Waals surface area contributed by atoms with Crippen LogP contribution in [0.3, 0.4) is 0 Å². The van der Waals surface area contributed by atoms with E-state index < -0.39 is 0 Å². The van der Waals surface area contributed by atoms with Crippen LogP contribution in [-0.4, -0.2) is 49.0 Å². The molecule has 1 N–H and O–H groups in total. The maximum Gasteiger partial charge on any atom is 0.0729 e. The average Bonchev–Trinajstić information content (AvgIpc) is 2.48. The number of rotatable bonds is 7. The minimum absolute atomic E-state index is 0.121. The molecular formula is C17H33NO2S. The lowest BCUT2D eigenvalue weighted by Gasteiger charge is -2.45. The van der Waals surface area contributed by atoms with Gasteiger partial charge in [-0.15, -0.1) is 0 Å². The molecule has 4 heteroatoms. The smallest absolute Gasteiger partial charge is 0.0729 e. The van der Waals surface area contributed by atoms with Crippen LogP contribution in [0.1, 0.15) is 52.9 Å². The van der Waals surface area contributed by atoms with E-state index in [2.05, 4.69) is 37.8 Å². The van der Waals surface area contributed by atoms with Crippen molar-refractivity contribution in [2.24, 2.45) is 5.92 Å². The monoisotopic (exact) mass is 315 g/mol. The van der Waals surface area contributed by atoms with Crippen LogP contribution in [0.4, 0.5) is 0 Å². The van der Waals surface area contributed by atoms with Gasteiger partial charge in [0.15, 0.2) is 0 Å². The molecule has 2 saturated heterocycles. The summed E-state index contributed by atoms with van der Waals surface area (Å²) in [4.78, 5) is 0. The van der Waals surface area contributed by atoms with E-state index in [1.54, 1.807) is 0 Å². The van der Waals surface area contributed by atoms with Gasteiger partial charge in [0.25, 0.3) is 0 Å². The van der Waals surface area contributed by atoms with E-state index in [9.17, 15) is 0 Å². The Morgan fingerprint density at radius 3 is 2.67 bits per heavy atom. The number of nitrogens with one attached hydrogen (secondary N) is 1. The van der Waals surface area contributed by atoms with Crippen molar-refractivity contribution in [1.82, 2.24) is 5.32 Å². The van der Waals surface area contributed by atoms with Gasteiger partial charge in [0.1, 0.15) is 0 Å². The van der Waals surface area contributed by atoms with Crippen molar-refractivity contribution in [3.63, 3.8) is 0 Å². The highest BCUT2D eigenvalue weighted by molar-refractivity contribution is 7.99. The standard InChI is InChI=1S/C17H33NO2S/c1-4-8-18-16(13-21-14(2)3)15-5-9-20-17(12-15)6-10-19-11-7-17/h14-16,18H,4-13H2,1-3H3. The highest BCUT2D eigenvalue weighted by atomic mass is 32.2. The average molecular weight is 316 g/mol. The van der Waals surface area contributed by atoms with Gasteiger partial charge in [0.2, 0.25) is 0 Å². The molecule has 124 valence electrons. The third-order valence-electron chi connectivity index (χ3n) is 4.77. The van der Waals surface area contributed by atoms with Crippen LogP contribution in [-0.2, 0) is 9.47 Å². The first-order chi connectivity index (χ1) is 10.2. The Balaban J connectivity index is 1.93. The molecule has 2 rings (SSSR count). The lowest BCUT2D eigenvalue weighted by molar-refractivity contribution is -0.149. The Hall–Kier alpha value is 0.230. The Kier molecular flexibility index (Phi) is 7.33. The van der Waals surface area contributed by atoms with Crippen LogP contribution in [0.5, 0.6) is 0 Å². The van der Waals surface area contributed by atoms with Crippen LogP contribution in [0.25, 0.3) is 0 Å². The quantitative estimate of drug-likeness (QED) is 0.779. The van der Waals surface area contributed by atoms with E-state index in [1.807, 2.05) is 0 Å². The van der Waals surface area contributed by atoms with Crippen molar-refractivity contribution in [2.75, 3.05) is 32.1 Å². The molecule has 1 spiro atoms. The van der Waals surface area contributed by atoms with Crippen molar-refractivity contribution in [3.05, 3.63) is 0 Å². The number of thioether (sulfide) groups is 1. The summed E-state index contributed by atoms with van der Waals surface area (Å²) in [5.41, 5.74) is 0.121. The largest absolute Gasteiger partial charge is 0.381 e. The van der Waals surface area contributed by atoms with E-state index >= 15 is 0 Å². The van der Waals surface area contributed by atoms with Gasteiger partial charge in [-0.2, -0.15) is 11.8 Å². The summed E-state index contributed by atoms with van der Waals surface area (Å²) in [6.07, 6.45) is 5.81. The van der Waals surface area contributed by atoms with Crippen LogP contribution < -0.4 is 5.32 Å². The summed E-state index contributed by atoms with van der Waals surface area (Å²) in [6, 6.07) is 0.640. The summed E-state index contributed by atoms with van der Waals surface area (Å²) in [5.74, 6) is 1.99. The first-order valence-electron chi connectivity index (χ1n) is 8.72. The molecule has 0 aromatic rings. The molecule has 2 heterocycles. The van der Waals surface area contributed by atoms with Crippen molar-refractivity contribution in [1.29, 1.82) is 0 Å². The molecule has 0 amide bonds. The Labute approximate surface area is 134 Å². The predicted octanol–water partition coefficient (Wildman–Crippen LogP) is 3.47. The molecular weight excluding hydrogens is 282 g/mol. The third-order valence-corrected chi connectivity index (χ3v) is 5.99. The molecule has 2 atom stereocenters. The van der Waals surface area contributed by atoms with Gasteiger partial charge in [-0.3, -0.25) is 0 Å². The van der Waals surface area contributed by atoms with Crippen LogP contribution in [0, 0.1) is 5.92 Å². The summed E-state index contributed by atoms with van der Waals surface area (Å²) in [6.45, 7) is 10.7. The van der Waals surface area contributed by atoms with Crippen LogP contribution in [0.2, 0.25) is 0 Å². The normalized spacial score (nSPS) is 27.1. The Morgan fingerprint density at radius 1 is 1.24 bits per heavy atom. The van der Waals surface area contributed by atoms with Crippen molar-refractivity contribution in [3.8, 4) is 0 Å². The maximum absolute atomic E-state index is 6.20. The lowest BCUT2D eigenvalue weighted by atomic mass is 9.78. The Morgan fingerprint density at radius 2 is 2.00 bits per heavy atom. The lowest BCUT2D eigenvalue weighted by Crippen LogP contribution is -2.50. The topological polar surface area (TPSA) is 30.5 Å². The van der Waals surface area contributed by atoms with Crippen molar-refractivity contribution in [2.45, 2.75) is 69.8 Å². The molecule has 21 heavy (non-hydrogen) atoms. The zero-order valence-electron chi connectivity index (χ0n) is 14.0. The number of ether oxygens (including phenoxy) is 2. The van der Waals surface area contributed by atoms with Gasteiger partial charge in [-0.1, -0.05) is 20.8 Å². The molecule has 2 aliphatic rings. The summed E-state index contributed by atoms with van der Waals surface area (Å²) >= 11 is 2.09. The van der Waals surface area contributed by atoms with Crippen LogP contribution >= 0.6 is 11.8 Å². The molecule has 2 unspecified atom stereocenters. The second-order valence-electron chi connectivity index (χ2n) is 6.84.